The highest BCUT2D eigenvalue weighted by Crippen LogP contribution is 2.50. The highest BCUT2D eigenvalue weighted by molar-refractivity contribution is 6.32. The van der Waals surface area contributed by atoms with E-state index in [0.29, 0.717) is 5.75 Å². The Labute approximate surface area is 245 Å². The highest BCUT2D eigenvalue weighted by Gasteiger charge is 2.24. The van der Waals surface area contributed by atoms with E-state index in [1.54, 1.807) is 0 Å². The van der Waals surface area contributed by atoms with Crippen molar-refractivity contribution in [1.82, 2.24) is 0 Å². The largest absolute Gasteiger partial charge is 0.820 e. The van der Waals surface area contributed by atoms with Gasteiger partial charge in [-0.15, -0.1) is 0 Å². The Morgan fingerprint density at radius 3 is 1.29 bits per heavy atom. The van der Waals surface area contributed by atoms with Crippen LogP contribution in [0.1, 0.15) is 27.7 Å². The molecule has 0 fully saturated rings. The predicted octanol–water partition coefficient (Wildman–Crippen LogP) is 7.44. The molecule has 0 spiro atoms. The van der Waals surface area contributed by atoms with E-state index in [0.717, 1.165) is 44.2 Å². The van der Waals surface area contributed by atoms with E-state index in [9.17, 15) is 10.0 Å². The van der Waals surface area contributed by atoms with Gasteiger partial charge < -0.3 is 19.2 Å². The van der Waals surface area contributed by atoms with Crippen LogP contribution in [-0.4, -0.2) is 43.0 Å². The molecule has 0 aliphatic heterocycles. The molecule has 0 saturated heterocycles. The van der Waals surface area contributed by atoms with Gasteiger partial charge in [0.15, 0.2) is 0 Å². The van der Waals surface area contributed by atoms with Gasteiger partial charge in [-0.1, -0.05) is 115 Å². The molecule has 0 amide bonds. The van der Waals surface area contributed by atoms with Crippen molar-refractivity contribution < 1.29 is 19.2 Å². The van der Waals surface area contributed by atoms with Gasteiger partial charge in [0.05, 0.1) is 26.2 Å². The molecule has 0 bridgehead atoms. The first-order valence-corrected chi connectivity index (χ1v) is 14.6. The summed E-state index contributed by atoms with van der Waals surface area (Å²) in [6, 6.07) is 38.0. The van der Waals surface area contributed by atoms with Crippen LogP contribution in [0.25, 0.3) is 44.2 Å². The summed E-state index contributed by atoms with van der Waals surface area (Å²) in [6.07, 6.45) is 0. The number of nitrogens with zero attached hydrogens (tertiary/aromatic N) is 1. The molecule has 5 aromatic carbocycles. The standard InChI is InChI=1S/C28H20BO3.C8H20N/c30-29(31)32-28-24-19-11-10-18-23(24)25(20-12-4-1-5-13-20)26(21-14-6-2-7-15-21)27(28)22-16-8-3-9-17-22;1-5-9(6-2,7-3)8-4/h1-19,30H;5-8H2,1-4H3/q-1;+1. The average molecular weight is 546 g/mol. The first-order valence-electron chi connectivity index (χ1n) is 14.6. The highest BCUT2D eigenvalue weighted by atomic mass is 16.6. The van der Waals surface area contributed by atoms with Gasteiger partial charge in [-0.3, -0.25) is 0 Å². The maximum absolute atomic E-state index is 11.9. The third-order valence-electron chi connectivity index (χ3n) is 8.26. The van der Waals surface area contributed by atoms with Crippen molar-refractivity contribution in [3.8, 4) is 39.1 Å². The molecule has 0 saturated carbocycles. The summed E-state index contributed by atoms with van der Waals surface area (Å²) in [7, 11) is -2.19. The van der Waals surface area contributed by atoms with Crippen LogP contribution >= 0.6 is 0 Å². The molecular formula is C36H40BNO3. The lowest BCUT2D eigenvalue weighted by Gasteiger charge is -2.34. The van der Waals surface area contributed by atoms with Crippen molar-refractivity contribution in [2.24, 2.45) is 0 Å². The van der Waals surface area contributed by atoms with Gasteiger partial charge in [0.1, 0.15) is 5.75 Å². The Morgan fingerprint density at radius 2 is 0.902 bits per heavy atom. The Hall–Kier alpha value is -3.90. The Morgan fingerprint density at radius 1 is 0.537 bits per heavy atom. The zero-order valence-electron chi connectivity index (χ0n) is 24.6. The van der Waals surface area contributed by atoms with Gasteiger partial charge in [0, 0.05) is 16.5 Å². The van der Waals surface area contributed by atoms with E-state index < -0.39 is 7.32 Å². The topological polar surface area (TPSA) is 52.5 Å². The Bertz CT molecular complexity index is 1500. The first kappa shape index (κ1) is 30.1. The van der Waals surface area contributed by atoms with Crippen LogP contribution in [0.5, 0.6) is 5.75 Å². The smallest absolute Gasteiger partial charge is 0.415 e. The van der Waals surface area contributed by atoms with E-state index in [-0.39, 0.29) is 0 Å². The molecule has 5 aromatic rings. The normalized spacial score (nSPS) is 11.1. The molecule has 5 heteroatoms. The number of rotatable bonds is 9. The minimum Gasteiger partial charge on any atom is -0.820 e. The third kappa shape index (κ3) is 6.71. The maximum Gasteiger partial charge on any atom is 0.415 e. The summed E-state index contributed by atoms with van der Waals surface area (Å²) < 4.78 is 6.84. The molecule has 4 nitrogen and oxygen atoms in total. The fourth-order valence-corrected chi connectivity index (χ4v) is 5.65. The monoisotopic (exact) mass is 545 g/mol. The van der Waals surface area contributed by atoms with Crippen molar-refractivity contribution in [2.75, 3.05) is 26.2 Å². The lowest BCUT2D eigenvalue weighted by atomic mass is 9.83. The molecule has 5 rings (SSSR count). The predicted molar refractivity (Wildman–Crippen MR) is 171 cm³/mol. The van der Waals surface area contributed by atoms with E-state index in [1.165, 1.54) is 30.7 Å². The van der Waals surface area contributed by atoms with E-state index in [2.05, 4.69) is 52.0 Å². The summed E-state index contributed by atoms with van der Waals surface area (Å²) in [5.41, 5.74) is 5.76. The van der Waals surface area contributed by atoms with Crippen LogP contribution in [0.15, 0.2) is 115 Å². The summed E-state index contributed by atoms with van der Waals surface area (Å²) >= 11 is 0. The fourth-order valence-electron chi connectivity index (χ4n) is 5.65. The van der Waals surface area contributed by atoms with Crippen molar-refractivity contribution >= 4 is 18.1 Å². The van der Waals surface area contributed by atoms with Gasteiger partial charge in [-0.05, 0) is 55.3 Å². The molecule has 0 atom stereocenters. The summed E-state index contributed by atoms with van der Waals surface area (Å²) in [4.78, 5) is 0. The second-order valence-corrected chi connectivity index (χ2v) is 10.1. The zero-order valence-corrected chi connectivity index (χ0v) is 24.6. The summed E-state index contributed by atoms with van der Waals surface area (Å²) in [5.74, 6) is 0.382. The fraction of sp³-hybridized carbons (Fsp3) is 0.222. The maximum atomic E-state index is 11.9. The van der Waals surface area contributed by atoms with Gasteiger partial charge in [0.2, 0.25) is 0 Å². The molecule has 210 valence electrons. The van der Waals surface area contributed by atoms with Gasteiger partial charge in [0.25, 0.3) is 0 Å². The van der Waals surface area contributed by atoms with Crippen LogP contribution in [0.2, 0.25) is 0 Å². The quantitative estimate of drug-likeness (QED) is 0.155. The van der Waals surface area contributed by atoms with Crippen molar-refractivity contribution in [3.05, 3.63) is 115 Å². The molecule has 0 radical (unpaired) electrons. The average Bonchev–Trinajstić information content (AvgIpc) is 3.03. The lowest BCUT2D eigenvalue weighted by Crippen LogP contribution is -2.47. The lowest BCUT2D eigenvalue weighted by molar-refractivity contribution is -0.921. The molecule has 0 aromatic heterocycles. The van der Waals surface area contributed by atoms with Gasteiger partial charge in [-0.25, -0.2) is 0 Å². The van der Waals surface area contributed by atoms with Crippen LogP contribution in [0.4, 0.5) is 0 Å². The number of hydrogen-bond donors (Lipinski definition) is 1. The molecule has 0 unspecified atom stereocenters. The molecule has 0 aliphatic carbocycles. The number of quaternary nitrogens is 1. The SMILES string of the molecule is CC[N+](CC)(CC)CC.[O-]B(O)Oc1c(-c2ccccc2)c(-c2ccccc2)c(-c2ccccc2)c2ccccc12. The van der Waals surface area contributed by atoms with Crippen LogP contribution < -0.4 is 9.68 Å². The molecule has 1 N–H and O–H groups in total. The van der Waals surface area contributed by atoms with Crippen LogP contribution in [0, 0.1) is 0 Å². The number of fused-ring (bicyclic) bond motifs is 1. The third-order valence-corrected chi connectivity index (χ3v) is 8.26. The van der Waals surface area contributed by atoms with Crippen molar-refractivity contribution in [3.63, 3.8) is 0 Å². The minimum absolute atomic E-state index is 0.382. The summed E-state index contributed by atoms with van der Waals surface area (Å²) in [6.45, 7) is 14.2. The van der Waals surface area contributed by atoms with E-state index in [4.69, 9.17) is 4.65 Å². The van der Waals surface area contributed by atoms with E-state index in [1.807, 2.05) is 91.0 Å². The first-order chi connectivity index (χ1) is 20.0. The zero-order chi connectivity index (χ0) is 29.2. The Kier molecular flexibility index (Phi) is 10.4. The van der Waals surface area contributed by atoms with Gasteiger partial charge >= 0.3 is 7.32 Å². The van der Waals surface area contributed by atoms with E-state index >= 15 is 0 Å². The van der Waals surface area contributed by atoms with Crippen LogP contribution in [-0.2, 0) is 0 Å². The van der Waals surface area contributed by atoms with Gasteiger partial charge in [-0.2, -0.15) is 0 Å². The van der Waals surface area contributed by atoms with Crippen molar-refractivity contribution in [1.29, 1.82) is 0 Å². The molecule has 41 heavy (non-hydrogen) atoms. The molecular weight excluding hydrogens is 505 g/mol. The Balaban J connectivity index is 0.000000374. The second-order valence-electron chi connectivity index (χ2n) is 10.1. The molecule has 0 heterocycles. The summed E-state index contributed by atoms with van der Waals surface area (Å²) in [5, 5.41) is 23.3. The number of hydrogen-bond acceptors (Lipinski definition) is 3. The minimum atomic E-state index is -2.19. The number of benzene rings is 5. The van der Waals surface area contributed by atoms with Crippen molar-refractivity contribution in [2.45, 2.75) is 27.7 Å². The van der Waals surface area contributed by atoms with Crippen LogP contribution in [0.3, 0.4) is 0 Å². The second kappa shape index (κ2) is 14.1. The molecule has 0 aliphatic rings.